The van der Waals surface area contributed by atoms with E-state index in [4.69, 9.17) is 15.6 Å². The number of benzene rings is 1. The molecular formula is C11H15NO4. The van der Waals surface area contributed by atoms with Crippen LogP contribution < -0.4 is 10.5 Å². The number of rotatable bonds is 4. The van der Waals surface area contributed by atoms with E-state index in [1.165, 1.54) is 19.2 Å². The molecule has 1 atom stereocenters. The van der Waals surface area contributed by atoms with E-state index in [9.17, 15) is 9.90 Å². The lowest BCUT2D eigenvalue weighted by atomic mass is 10.0. The molecule has 0 aromatic heterocycles. The zero-order chi connectivity index (χ0) is 12.3. The maximum atomic E-state index is 10.8. The molecule has 1 rings (SSSR count). The van der Waals surface area contributed by atoms with Gasteiger partial charge in [0.2, 0.25) is 0 Å². The van der Waals surface area contributed by atoms with Crippen LogP contribution in [0.15, 0.2) is 12.1 Å². The Labute approximate surface area is 93.5 Å². The molecule has 0 saturated heterocycles. The minimum atomic E-state index is -1.07. The average Bonchev–Trinajstić information content (AvgIpc) is 2.20. The van der Waals surface area contributed by atoms with E-state index < -0.39 is 5.97 Å². The molecular weight excluding hydrogens is 210 g/mol. The molecule has 0 spiro atoms. The highest BCUT2D eigenvalue weighted by atomic mass is 16.5. The monoisotopic (exact) mass is 225 g/mol. The minimum absolute atomic E-state index is 0.0511. The van der Waals surface area contributed by atoms with E-state index >= 15 is 0 Å². The van der Waals surface area contributed by atoms with E-state index in [1.54, 1.807) is 6.92 Å². The Bertz CT molecular complexity index is 401. The number of phenolic OH excluding ortho intramolecular Hbond substituents is 1. The van der Waals surface area contributed by atoms with Crippen LogP contribution in [0, 0.1) is 0 Å². The SMILES string of the molecule is COc1cc(C(=O)O)cc(CC(C)N)c1O. The smallest absolute Gasteiger partial charge is 0.335 e. The van der Waals surface area contributed by atoms with Crippen molar-refractivity contribution in [3.63, 3.8) is 0 Å². The third kappa shape index (κ3) is 2.64. The summed E-state index contributed by atoms with van der Waals surface area (Å²) in [5, 5.41) is 18.7. The fourth-order valence-electron chi connectivity index (χ4n) is 1.45. The van der Waals surface area contributed by atoms with Crippen LogP contribution in [-0.4, -0.2) is 29.3 Å². The van der Waals surface area contributed by atoms with Gasteiger partial charge in [-0.2, -0.15) is 0 Å². The van der Waals surface area contributed by atoms with Crippen molar-refractivity contribution >= 4 is 5.97 Å². The Morgan fingerprint density at radius 2 is 2.19 bits per heavy atom. The van der Waals surface area contributed by atoms with Gasteiger partial charge in [0.1, 0.15) is 0 Å². The minimum Gasteiger partial charge on any atom is -0.504 e. The van der Waals surface area contributed by atoms with Crippen LogP contribution in [0.1, 0.15) is 22.8 Å². The Morgan fingerprint density at radius 3 is 2.62 bits per heavy atom. The summed E-state index contributed by atoms with van der Waals surface area (Å²) in [6.45, 7) is 1.78. The molecule has 5 nitrogen and oxygen atoms in total. The molecule has 1 aromatic rings. The maximum absolute atomic E-state index is 10.8. The number of hydrogen-bond acceptors (Lipinski definition) is 4. The zero-order valence-electron chi connectivity index (χ0n) is 9.23. The van der Waals surface area contributed by atoms with Gasteiger partial charge in [-0.15, -0.1) is 0 Å². The van der Waals surface area contributed by atoms with Crippen LogP contribution in [-0.2, 0) is 6.42 Å². The van der Waals surface area contributed by atoms with E-state index in [0.29, 0.717) is 12.0 Å². The van der Waals surface area contributed by atoms with Crippen molar-refractivity contribution < 1.29 is 19.7 Å². The van der Waals surface area contributed by atoms with Gasteiger partial charge in [-0.05, 0) is 25.5 Å². The van der Waals surface area contributed by atoms with Crippen molar-refractivity contribution in [2.45, 2.75) is 19.4 Å². The number of carboxylic acids is 1. The third-order valence-electron chi connectivity index (χ3n) is 2.16. The lowest BCUT2D eigenvalue weighted by molar-refractivity contribution is 0.0696. The van der Waals surface area contributed by atoms with Gasteiger partial charge in [0.15, 0.2) is 11.5 Å². The van der Waals surface area contributed by atoms with Gasteiger partial charge in [-0.1, -0.05) is 0 Å². The van der Waals surface area contributed by atoms with Gasteiger partial charge in [-0.3, -0.25) is 0 Å². The largest absolute Gasteiger partial charge is 0.504 e. The number of aromatic carboxylic acids is 1. The molecule has 0 fully saturated rings. The molecule has 0 radical (unpaired) electrons. The van der Waals surface area contributed by atoms with E-state index in [1.807, 2.05) is 0 Å². The summed E-state index contributed by atoms with van der Waals surface area (Å²) in [5.41, 5.74) is 6.16. The van der Waals surface area contributed by atoms with Crippen LogP contribution in [0.25, 0.3) is 0 Å². The fraction of sp³-hybridized carbons (Fsp3) is 0.364. The molecule has 4 N–H and O–H groups in total. The number of ether oxygens (including phenoxy) is 1. The molecule has 0 aliphatic carbocycles. The molecule has 16 heavy (non-hydrogen) atoms. The van der Waals surface area contributed by atoms with Crippen molar-refractivity contribution in [3.05, 3.63) is 23.3 Å². The number of carbonyl (C=O) groups is 1. The molecule has 1 unspecified atom stereocenters. The second-order valence-electron chi connectivity index (χ2n) is 3.67. The first-order valence-corrected chi connectivity index (χ1v) is 4.84. The quantitative estimate of drug-likeness (QED) is 0.710. The highest BCUT2D eigenvalue weighted by Crippen LogP contribution is 2.32. The summed E-state index contributed by atoms with van der Waals surface area (Å²) >= 11 is 0. The van der Waals surface area contributed by atoms with Gasteiger partial charge in [0, 0.05) is 11.6 Å². The number of hydrogen-bond donors (Lipinski definition) is 3. The molecule has 0 bridgehead atoms. The summed E-state index contributed by atoms with van der Waals surface area (Å²) in [4.78, 5) is 10.8. The van der Waals surface area contributed by atoms with Crippen LogP contribution in [0.2, 0.25) is 0 Å². The van der Waals surface area contributed by atoms with Crippen LogP contribution >= 0.6 is 0 Å². The molecule has 88 valence electrons. The Hall–Kier alpha value is -1.75. The van der Waals surface area contributed by atoms with Gasteiger partial charge in [0.25, 0.3) is 0 Å². The van der Waals surface area contributed by atoms with E-state index in [0.717, 1.165) is 0 Å². The number of phenols is 1. The standard InChI is InChI=1S/C11H15NO4/c1-6(12)3-7-4-8(11(14)15)5-9(16-2)10(7)13/h4-6,13H,3,12H2,1-2H3,(H,14,15). The first kappa shape index (κ1) is 12.3. The highest BCUT2D eigenvalue weighted by Gasteiger charge is 2.15. The average molecular weight is 225 g/mol. The molecule has 0 aliphatic rings. The summed E-state index contributed by atoms with van der Waals surface area (Å²) in [6, 6.07) is 2.52. The molecule has 0 aliphatic heterocycles. The number of carboxylic acid groups (broad SMARTS) is 1. The van der Waals surface area contributed by atoms with Crippen molar-refractivity contribution in [3.8, 4) is 11.5 Å². The Balaban J connectivity index is 3.24. The molecule has 5 heteroatoms. The van der Waals surface area contributed by atoms with E-state index in [2.05, 4.69) is 0 Å². The number of nitrogens with two attached hydrogens (primary N) is 1. The summed E-state index contributed by atoms with van der Waals surface area (Å²) < 4.78 is 4.90. The topological polar surface area (TPSA) is 92.8 Å². The predicted molar refractivity (Wildman–Crippen MR) is 59.0 cm³/mol. The fourth-order valence-corrected chi connectivity index (χ4v) is 1.45. The molecule has 0 saturated carbocycles. The predicted octanol–water partition coefficient (Wildman–Crippen LogP) is 0.989. The normalized spacial score (nSPS) is 12.2. The lowest BCUT2D eigenvalue weighted by Crippen LogP contribution is -2.18. The first-order valence-electron chi connectivity index (χ1n) is 4.84. The van der Waals surface area contributed by atoms with Gasteiger partial charge in [-0.25, -0.2) is 4.79 Å². The second-order valence-corrected chi connectivity index (χ2v) is 3.67. The zero-order valence-corrected chi connectivity index (χ0v) is 9.23. The van der Waals surface area contributed by atoms with Gasteiger partial charge in [0.05, 0.1) is 12.7 Å². The maximum Gasteiger partial charge on any atom is 0.335 e. The first-order chi connectivity index (χ1) is 7.45. The second kappa shape index (κ2) is 4.85. The number of methoxy groups -OCH3 is 1. The summed E-state index contributed by atoms with van der Waals surface area (Å²) in [6.07, 6.45) is 0.392. The Morgan fingerprint density at radius 1 is 1.56 bits per heavy atom. The molecule has 0 amide bonds. The summed E-state index contributed by atoms with van der Waals surface area (Å²) in [5.74, 6) is -0.968. The van der Waals surface area contributed by atoms with Crippen molar-refractivity contribution in [1.82, 2.24) is 0 Å². The van der Waals surface area contributed by atoms with Gasteiger partial charge < -0.3 is 20.7 Å². The van der Waals surface area contributed by atoms with Crippen LogP contribution in [0.3, 0.4) is 0 Å². The molecule has 1 aromatic carbocycles. The van der Waals surface area contributed by atoms with Crippen LogP contribution in [0.4, 0.5) is 0 Å². The van der Waals surface area contributed by atoms with Gasteiger partial charge >= 0.3 is 5.97 Å². The Kier molecular flexibility index (Phi) is 3.73. The van der Waals surface area contributed by atoms with Crippen molar-refractivity contribution in [2.75, 3.05) is 7.11 Å². The lowest BCUT2D eigenvalue weighted by Gasteiger charge is -2.12. The number of aromatic hydroxyl groups is 1. The highest BCUT2D eigenvalue weighted by molar-refractivity contribution is 5.89. The third-order valence-corrected chi connectivity index (χ3v) is 2.16. The van der Waals surface area contributed by atoms with Crippen LogP contribution in [0.5, 0.6) is 11.5 Å². The molecule has 0 heterocycles. The van der Waals surface area contributed by atoms with E-state index in [-0.39, 0.29) is 23.1 Å². The van der Waals surface area contributed by atoms with Crippen molar-refractivity contribution in [2.24, 2.45) is 5.73 Å². The summed E-state index contributed by atoms with van der Waals surface area (Å²) in [7, 11) is 1.37. The van der Waals surface area contributed by atoms with Crippen molar-refractivity contribution in [1.29, 1.82) is 0 Å².